The highest BCUT2D eigenvalue weighted by Crippen LogP contribution is 2.42. The Labute approximate surface area is 158 Å². The molecule has 1 heterocycles. The molecule has 0 saturated heterocycles. The molecule has 5 nitrogen and oxygen atoms in total. The number of Topliss-reactive ketones (excluding diaryl/α,β-unsaturated/α-hetero) is 1. The fourth-order valence-electron chi connectivity index (χ4n) is 3.02. The topological polar surface area (TPSA) is 64.6 Å². The first-order valence-electron chi connectivity index (χ1n) is 8.27. The van der Waals surface area contributed by atoms with Crippen molar-refractivity contribution in [2.24, 2.45) is 0 Å². The highest BCUT2D eigenvalue weighted by molar-refractivity contribution is 6.26. The molecule has 0 aliphatic carbocycles. The fourth-order valence-corrected chi connectivity index (χ4v) is 3.02. The molecular weight excluding hydrogens is 375 g/mol. The van der Waals surface area contributed by atoms with E-state index in [1.165, 1.54) is 19.2 Å². The van der Waals surface area contributed by atoms with Crippen LogP contribution in [0.5, 0.6) is 0 Å². The van der Waals surface area contributed by atoms with Crippen LogP contribution in [-0.2, 0) is 31.0 Å². The average molecular weight is 391 g/mol. The molecule has 0 aromatic heterocycles. The molecule has 1 N–H and O–H groups in total. The zero-order chi connectivity index (χ0) is 20.4. The number of ether oxygens (including phenoxy) is 2. The van der Waals surface area contributed by atoms with Crippen molar-refractivity contribution in [3.05, 3.63) is 77.2 Å². The Kier molecular flexibility index (Phi) is 5.24. The van der Waals surface area contributed by atoms with Gasteiger partial charge in [0.05, 0.1) is 19.2 Å². The van der Waals surface area contributed by atoms with Gasteiger partial charge in [0.15, 0.2) is 0 Å². The largest absolute Gasteiger partial charge is 0.468 e. The van der Waals surface area contributed by atoms with Crippen molar-refractivity contribution < 1.29 is 32.2 Å². The molecule has 2 aromatic rings. The molecule has 28 heavy (non-hydrogen) atoms. The summed E-state index contributed by atoms with van der Waals surface area (Å²) >= 11 is 0. The Bertz CT molecular complexity index is 925. The van der Waals surface area contributed by atoms with Gasteiger partial charge in [-0.25, -0.2) is 0 Å². The second kappa shape index (κ2) is 7.47. The van der Waals surface area contributed by atoms with Crippen LogP contribution < -0.4 is 5.32 Å². The van der Waals surface area contributed by atoms with Crippen molar-refractivity contribution in [2.75, 3.05) is 13.7 Å². The Balaban J connectivity index is 2.12. The van der Waals surface area contributed by atoms with Crippen LogP contribution in [0, 0.1) is 0 Å². The molecule has 0 bridgehead atoms. The van der Waals surface area contributed by atoms with Gasteiger partial charge in [0.1, 0.15) is 11.9 Å². The van der Waals surface area contributed by atoms with Crippen LogP contribution in [-0.4, -0.2) is 25.7 Å². The average Bonchev–Trinajstić information content (AvgIpc) is 2.99. The van der Waals surface area contributed by atoms with Crippen molar-refractivity contribution in [3.8, 4) is 0 Å². The molecule has 1 unspecified atom stereocenters. The molecule has 1 aliphatic rings. The third-order valence-electron chi connectivity index (χ3n) is 4.28. The molecule has 0 spiro atoms. The molecule has 0 fully saturated rings. The Hall–Kier alpha value is -3.13. The standard InChI is InChI=1S/C20H16F3NO4/c1-27-18-16(13-6-5-9-15(12-13)20(21,22)23)17(26)19(28-18,24-10-11-25)14-7-3-2-4-8-14/h2-9,11-12,24H,10H2,1H3. The second-order valence-electron chi connectivity index (χ2n) is 5.97. The number of carbonyl (C=O) groups excluding carboxylic acids is 2. The Morgan fingerprint density at radius 1 is 1.14 bits per heavy atom. The third-order valence-corrected chi connectivity index (χ3v) is 4.28. The number of nitrogens with one attached hydrogen (secondary N) is 1. The van der Waals surface area contributed by atoms with Crippen molar-refractivity contribution in [3.63, 3.8) is 0 Å². The monoisotopic (exact) mass is 391 g/mol. The van der Waals surface area contributed by atoms with Gasteiger partial charge in [0, 0.05) is 5.56 Å². The maximum absolute atomic E-state index is 13.3. The first-order valence-corrected chi connectivity index (χ1v) is 8.27. The van der Waals surface area contributed by atoms with E-state index in [0.29, 0.717) is 11.8 Å². The van der Waals surface area contributed by atoms with Crippen molar-refractivity contribution in [1.82, 2.24) is 5.32 Å². The number of aldehydes is 1. The molecule has 0 amide bonds. The molecule has 3 rings (SSSR count). The van der Waals surface area contributed by atoms with Gasteiger partial charge in [0.2, 0.25) is 5.78 Å². The van der Waals surface area contributed by atoms with Crippen LogP contribution in [0.15, 0.2) is 60.5 Å². The van der Waals surface area contributed by atoms with Gasteiger partial charge in [-0.3, -0.25) is 10.1 Å². The van der Waals surface area contributed by atoms with E-state index in [4.69, 9.17) is 9.47 Å². The summed E-state index contributed by atoms with van der Waals surface area (Å²) in [5.74, 6) is -0.886. The first-order chi connectivity index (χ1) is 13.3. The predicted molar refractivity (Wildman–Crippen MR) is 93.7 cm³/mol. The summed E-state index contributed by atoms with van der Waals surface area (Å²) in [5, 5.41) is 2.74. The minimum absolute atomic E-state index is 0.00221. The van der Waals surface area contributed by atoms with E-state index in [1.54, 1.807) is 30.3 Å². The third kappa shape index (κ3) is 3.38. The summed E-state index contributed by atoms with van der Waals surface area (Å²) in [4.78, 5) is 24.2. The van der Waals surface area contributed by atoms with E-state index >= 15 is 0 Å². The van der Waals surface area contributed by atoms with Gasteiger partial charge in [0.25, 0.3) is 11.7 Å². The maximum Gasteiger partial charge on any atom is 0.416 e. The van der Waals surface area contributed by atoms with Gasteiger partial charge < -0.3 is 14.3 Å². The number of methoxy groups -OCH3 is 1. The van der Waals surface area contributed by atoms with Crippen molar-refractivity contribution in [2.45, 2.75) is 11.9 Å². The molecule has 0 radical (unpaired) electrons. The van der Waals surface area contributed by atoms with Crippen LogP contribution in [0.2, 0.25) is 0 Å². The summed E-state index contributed by atoms with van der Waals surface area (Å²) < 4.78 is 50.2. The number of hydrogen-bond donors (Lipinski definition) is 1. The van der Waals surface area contributed by atoms with Crippen molar-refractivity contribution >= 4 is 17.6 Å². The van der Waals surface area contributed by atoms with E-state index < -0.39 is 23.2 Å². The highest BCUT2D eigenvalue weighted by Gasteiger charge is 2.52. The van der Waals surface area contributed by atoms with Crippen LogP contribution in [0.1, 0.15) is 16.7 Å². The molecule has 0 saturated carbocycles. The normalized spacial score (nSPS) is 19.5. The number of carbonyl (C=O) groups is 2. The quantitative estimate of drug-likeness (QED) is 0.766. The smallest absolute Gasteiger partial charge is 0.416 e. The van der Waals surface area contributed by atoms with Gasteiger partial charge >= 0.3 is 6.18 Å². The van der Waals surface area contributed by atoms with Crippen LogP contribution in [0.25, 0.3) is 5.57 Å². The lowest BCUT2D eigenvalue weighted by Gasteiger charge is -2.28. The molecular formula is C20H16F3NO4. The Morgan fingerprint density at radius 3 is 2.46 bits per heavy atom. The van der Waals surface area contributed by atoms with Crippen LogP contribution in [0.4, 0.5) is 13.2 Å². The predicted octanol–water partition coefficient (Wildman–Crippen LogP) is 3.26. The number of benzene rings is 2. The fraction of sp³-hybridized carbons (Fsp3) is 0.200. The van der Waals surface area contributed by atoms with Crippen LogP contribution in [0.3, 0.4) is 0 Å². The van der Waals surface area contributed by atoms with Gasteiger partial charge in [-0.1, -0.05) is 42.5 Å². The lowest BCUT2D eigenvalue weighted by molar-refractivity contribution is -0.140. The number of ketones is 1. The van der Waals surface area contributed by atoms with E-state index in [2.05, 4.69) is 5.32 Å². The number of rotatable bonds is 6. The summed E-state index contributed by atoms with van der Waals surface area (Å²) in [6.45, 7) is -0.215. The molecule has 8 heteroatoms. The lowest BCUT2D eigenvalue weighted by atomic mass is 9.91. The highest BCUT2D eigenvalue weighted by atomic mass is 19.4. The molecule has 1 atom stereocenters. The molecule has 1 aliphatic heterocycles. The van der Waals surface area contributed by atoms with Gasteiger partial charge in [-0.05, 0) is 17.7 Å². The second-order valence-corrected chi connectivity index (χ2v) is 5.97. The minimum atomic E-state index is -4.57. The van der Waals surface area contributed by atoms with Gasteiger partial charge in [-0.15, -0.1) is 0 Å². The maximum atomic E-state index is 13.3. The zero-order valence-corrected chi connectivity index (χ0v) is 14.7. The van der Waals surface area contributed by atoms with E-state index in [1.807, 2.05) is 0 Å². The van der Waals surface area contributed by atoms with E-state index in [-0.39, 0.29) is 23.6 Å². The summed E-state index contributed by atoms with van der Waals surface area (Å²) in [5.41, 5.74) is -2.44. The number of alkyl halides is 3. The molecule has 2 aromatic carbocycles. The first kappa shape index (κ1) is 19.6. The Morgan fingerprint density at radius 2 is 1.86 bits per heavy atom. The summed E-state index contributed by atoms with van der Waals surface area (Å²) in [7, 11) is 1.25. The van der Waals surface area contributed by atoms with Gasteiger partial charge in [-0.2, -0.15) is 13.2 Å². The van der Waals surface area contributed by atoms with Crippen LogP contribution >= 0.6 is 0 Å². The molecule has 146 valence electrons. The zero-order valence-electron chi connectivity index (χ0n) is 14.7. The van der Waals surface area contributed by atoms with E-state index in [9.17, 15) is 22.8 Å². The van der Waals surface area contributed by atoms with E-state index in [0.717, 1.165) is 12.1 Å². The minimum Gasteiger partial charge on any atom is -0.468 e. The number of hydrogen-bond acceptors (Lipinski definition) is 5. The van der Waals surface area contributed by atoms with Crippen molar-refractivity contribution in [1.29, 1.82) is 0 Å². The SMILES string of the molecule is COC1=C(c2cccc(C(F)(F)F)c2)C(=O)C(NCC=O)(c2ccccc2)O1. The lowest BCUT2D eigenvalue weighted by Crippen LogP contribution is -2.49. The summed E-state index contributed by atoms with van der Waals surface area (Å²) in [6.07, 6.45) is -4.02. The number of halogens is 3. The summed E-state index contributed by atoms with van der Waals surface area (Å²) in [6, 6.07) is 12.6.